The van der Waals surface area contributed by atoms with Crippen molar-refractivity contribution in [3.05, 3.63) is 0 Å². The highest BCUT2D eigenvalue weighted by atomic mass is 32.2. The van der Waals surface area contributed by atoms with Crippen molar-refractivity contribution in [1.29, 1.82) is 0 Å². The van der Waals surface area contributed by atoms with E-state index in [4.69, 9.17) is 0 Å². The minimum atomic E-state index is -0.175. The number of thioether (sulfide) groups is 1. The number of rotatable bonds is 3. The lowest BCUT2D eigenvalue weighted by Gasteiger charge is -2.35. The summed E-state index contributed by atoms with van der Waals surface area (Å²) in [5.41, 5.74) is 0. The molecule has 3 aliphatic rings. The molecule has 3 rings (SSSR count). The Balaban J connectivity index is 1.59. The van der Waals surface area contributed by atoms with E-state index in [0.29, 0.717) is 13.0 Å². The molecule has 6 heteroatoms. The maximum Gasteiger partial charge on any atom is 0.245 e. The Morgan fingerprint density at radius 1 is 1.00 bits per heavy atom. The maximum atomic E-state index is 12.7. The van der Waals surface area contributed by atoms with Crippen LogP contribution in [0.2, 0.25) is 0 Å². The van der Waals surface area contributed by atoms with Gasteiger partial charge < -0.3 is 9.80 Å². The van der Waals surface area contributed by atoms with Crippen LogP contribution in [-0.4, -0.2) is 83.3 Å². The number of carbonyl (C=O) groups is 2. The van der Waals surface area contributed by atoms with Crippen LogP contribution in [0.5, 0.6) is 0 Å². The maximum absolute atomic E-state index is 12.7. The second kappa shape index (κ2) is 7.01. The van der Waals surface area contributed by atoms with Gasteiger partial charge in [0.15, 0.2) is 0 Å². The minimum absolute atomic E-state index is 0.171. The van der Waals surface area contributed by atoms with E-state index >= 15 is 0 Å². The van der Waals surface area contributed by atoms with Crippen LogP contribution < -0.4 is 0 Å². The number of fused-ring (bicyclic) bond motifs is 1. The fourth-order valence-corrected chi connectivity index (χ4v) is 4.47. The highest BCUT2D eigenvalue weighted by Gasteiger charge is 2.37. The zero-order chi connectivity index (χ0) is 14.7. The molecule has 0 N–H and O–H groups in total. The van der Waals surface area contributed by atoms with E-state index in [9.17, 15) is 9.59 Å². The van der Waals surface area contributed by atoms with Gasteiger partial charge in [0.05, 0.1) is 0 Å². The van der Waals surface area contributed by atoms with E-state index in [-0.39, 0.29) is 17.9 Å². The fourth-order valence-electron chi connectivity index (χ4n) is 3.49. The molecule has 0 aromatic carbocycles. The Hall–Kier alpha value is -0.750. The van der Waals surface area contributed by atoms with Gasteiger partial charge in [0, 0.05) is 57.2 Å². The zero-order valence-corrected chi connectivity index (χ0v) is 13.4. The third-order valence-electron chi connectivity index (χ3n) is 4.81. The number of hydrogen-bond acceptors (Lipinski definition) is 4. The molecule has 0 radical (unpaired) electrons. The number of amides is 2. The van der Waals surface area contributed by atoms with Crippen molar-refractivity contribution >= 4 is 23.6 Å². The summed E-state index contributed by atoms with van der Waals surface area (Å²) in [5.74, 6) is 2.75. The molecule has 3 saturated heterocycles. The van der Waals surface area contributed by atoms with E-state index in [1.54, 1.807) is 0 Å². The van der Waals surface area contributed by atoms with E-state index in [1.807, 2.05) is 21.6 Å². The average Bonchev–Trinajstić information content (AvgIpc) is 2.66. The van der Waals surface area contributed by atoms with Crippen molar-refractivity contribution in [2.24, 2.45) is 0 Å². The molecule has 118 valence electrons. The summed E-state index contributed by atoms with van der Waals surface area (Å²) in [5, 5.41) is 0. The van der Waals surface area contributed by atoms with Crippen molar-refractivity contribution < 1.29 is 9.59 Å². The van der Waals surface area contributed by atoms with Gasteiger partial charge >= 0.3 is 0 Å². The van der Waals surface area contributed by atoms with Crippen LogP contribution in [0.15, 0.2) is 0 Å². The first kappa shape index (κ1) is 15.2. The quantitative estimate of drug-likeness (QED) is 0.768. The molecule has 1 unspecified atom stereocenters. The molecule has 0 aromatic rings. The summed E-state index contributed by atoms with van der Waals surface area (Å²) in [6, 6.07) is -0.175. The van der Waals surface area contributed by atoms with Crippen LogP contribution in [0, 0.1) is 0 Å². The Morgan fingerprint density at radius 3 is 2.62 bits per heavy atom. The van der Waals surface area contributed by atoms with Crippen LogP contribution >= 0.6 is 11.8 Å². The third-order valence-corrected chi connectivity index (χ3v) is 5.75. The molecule has 0 saturated carbocycles. The highest BCUT2D eigenvalue weighted by Crippen LogP contribution is 2.22. The molecule has 3 aliphatic heterocycles. The van der Waals surface area contributed by atoms with Gasteiger partial charge in [0.1, 0.15) is 6.04 Å². The summed E-state index contributed by atoms with van der Waals surface area (Å²) in [7, 11) is 0. The van der Waals surface area contributed by atoms with Gasteiger partial charge in [0.2, 0.25) is 11.8 Å². The molecule has 0 aromatic heterocycles. The standard InChI is InChI=1S/C15H25N3O2S/c19-14-4-6-17(8-7-16-9-11-21-12-10-16)15(20)13-3-1-2-5-18(13)14/h13H,1-12H2. The van der Waals surface area contributed by atoms with Gasteiger partial charge in [-0.3, -0.25) is 14.5 Å². The molecule has 0 aliphatic carbocycles. The molecule has 21 heavy (non-hydrogen) atoms. The van der Waals surface area contributed by atoms with Crippen LogP contribution in [0.4, 0.5) is 0 Å². The molecule has 0 spiro atoms. The van der Waals surface area contributed by atoms with Crippen LogP contribution in [0.25, 0.3) is 0 Å². The lowest BCUT2D eigenvalue weighted by molar-refractivity contribution is -0.143. The molecule has 5 nitrogen and oxygen atoms in total. The number of hydrogen-bond donors (Lipinski definition) is 0. The van der Waals surface area contributed by atoms with E-state index in [0.717, 1.165) is 52.0 Å². The van der Waals surface area contributed by atoms with E-state index in [2.05, 4.69) is 4.90 Å². The normalized spacial score (nSPS) is 28.5. The summed E-state index contributed by atoms with van der Waals surface area (Å²) in [4.78, 5) is 31.1. The lowest BCUT2D eigenvalue weighted by atomic mass is 10.0. The molecule has 3 heterocycles. The third kappa shape index (κ3) is 3.54. The fraction of sp³-hybridized carbons (Fsp3) is 0.867. The second-order valence-corrected chi connectivity index (χ2v) is 7.35. The monoisotopic (exact) mass is 311 g/mol. The Bertz CT molecular complexity index is 398. The Labute approximate surface area is 131 Å². The van der Waals surface area contributed by atoms with Gasteiger partial charge in [-0.2, -0.15) is 11.8 Å². The van der Waals surface area contributed by atoms with Gasteiger partial charge in [-0.05, 0) is 19.3 Å². The predicted molar refractivity (Wildman–Crippen MR) is 84.3 cm³/mol. The van der Waals surface area contributed by atoms with Crippen molar-refractivity contribution in [3.8, 4) is 0 Å². The van der Waals surface area contributed by atoms with Gasteiger partial charge in [-0.15, -0.1) is 0 Å². The smallest absolute Gasteiger partial charge is 0.245 e. The van der Waals surface area contributed by atoms with Crippen molar-refractivity contribution in [1.82, 2.24) is 14.7 Å². The largest absolute Gasteiger partial charge is 0.339 e. The first-order valence-electron chi connectivity index (χ1n) is 8.14. The first-order chi connectivity index (χ1) is 10.3. The highest BCUT2D eigenvalue weighted by molar-refractivity contribution is 7.99. The predicted octanol–water partition coefficient (Wildman–Crippen LogP) is 0.649. The summed E-state index contributed by atoms with van der Waals surface area (Å²) in [6.45, 7) is 5.36. The summed E-state index contributed by atoms with van der Waals surface area (Å²) >= 11 is 2.01. The minimum Gasteiger partial charge on any atom is -0.339 e. The molecular formula is C15H25N3O2S. The summed E-state index contributed by atoms with van der Waals surface area (Å²) < 4.78 is 0. The van der Waals surface area contributed by atoms with Crippen molar-refractivity contribution in [3.63, 3.8) is 0 Å². The van der Waals surface area contributed by atoms with E-state index < -0.39 is 0 Å². The Kier molecular flexibility index (Phi) is 5.06. The van der Waals surface area contributed by atoms with Crippen molar-refractivity contribution in [2.45, 2.75) is 31.7 Å². The summed E-state index contributed by atoms with van der Waals surface area (Å²) in [6.07, 6.45) is 3.46. The number of carbonyl (C=O) groups excluding carboxylic acids is 2. The zero-order valence-electron chi connectivity index (χ0n) is 12.6. The van der Waals surface area contributed by atoms with Gasteiger partial charge in [-0.1, -0.05) is 0 Å². The molecule has 2 amide bonds. The lowest BCUT2D eigenvalue weighted by Crippen LogP contribution is -2.51. The van der Waals surface area contributed by atoms with Gasteiger partial charge in [-0.25, -0.2) is 0 Å². The molecule has 1 atom stereocenters. The topological polar surface area (TPSA) is 43.9 Å². The van der Waals surface area contributed by atoms with Crippen LogP contribution in [-0.2, 0) is 9.59 Å². The second-order valence-electron chi connectivity index (χ2n) is 6.13. The van der Waals surface area contributed by atoms with Gasteiger partial charge in [0.25, 0.3) is 0 Å². The average molecular weight is 311 g/mol. The first-order valence-corrected chi connectivity index (χ1v) is 9.29. The number of piperidine rings is 1. The molecule has 0 bridgehead atoms. The van der Waals surface area contributed by atoms with Crippen LogP contribution in [0.1, 0.15) is 25.7 Å². The number of nitrogens with zero attached hydrogens (tertiary/aromatic N) is 3. The molecular weight excluding hydrogens is 286 g/mol. The van der Waals surface area contributed by atoms with Crippen LogP contribution in [0.3, 0.4) is 0 Å². The molecule has 3 fully saturated rings. The Morgan fingerprint density at radius 2 is 1.81 bits per heavy atom. The van der Waals surface area contributed by atoms with Crippen molar-refractivity contribution in [2.75, 3.05) is 50.8 Å². The SMILES string of the molecule is O=C1C2CCCCN2C(=O)CCN1CCN1CCSCC1. The van der Waals surface area contributed by atoms with E-state index in [1.165, 1.54) is 11.5 Å².